The zero-order chi connectivity index (χ0) is 20.8. The van der Waals surface area contributed by atoms with E-state index in [-0.39, 0.29) is 18.2 Å². The van der Waals surface area contributed by atoms with Crippen LogP contribution in [-0.2, 0) is 5.75 Å². The van der Waals surface area contributed by atoms with Gasteiger partial charge in [0.15, 0.2) is 5.17 Å². The van der Waals surface area contributed by atoms with Crippen molar-refractivity contribution in [3.63, 3.8) is 0 Å². The highest BCUT2D eigenvalue weighted by atomic mass is 32.2. The van der Waals surface area contributed by atoms with Crippen molar-refractivity contribution in [1.82, 2.24) is 20.8 Å². The third-order valence-corrected chi connectivity index (χ3v) is 6.97. The van der Waals surface area contributed by atoms with Crippen LogP contribution in [0.5, 0.6) is 0 Å². The van der Waals surface area contributed by atoms with Crippen molar-refractivity contribution in [3.8, 4) is 0 Å². The van der Waals surface area contributed by atoms with E-state index in [1.165, 1.54) is 40.6 Å². The number of hydrogen-bond acceptors (Lipinski definition) is 6. The molecule has 0 amide bonds. The van der Waals surface area contributed by atoms with Gasteiger partial charge < -0.3 is 9.91 Å². The van der Waals surface area contributed by atoms with Crippen molar-refractivity contribution < 1.29 is 8.78 Å². The second-order valence-electron chi connectivity index (χ2n) is 7.98. The summed E-state index contributed by atoms with van der Waals surface area (Å²) in [5, 5.41) is 7.44. The van der Waals surface area contributed by atoms with Crippen LogP contribution < -0.4 is 10.9 Å². The molecule has 30 heavy (non-hydrogen) atoms. The highest BCUT2D eigenvalue weighted by Gasteiger charge is 2.44. The largest absolute Gasteiger partial charge is 0.306 e. The highest BCUT2D eigenvalue weighted by molar-refractivity contribution is 8.13. The van der Waals surface area contributed by atoms with Gasteiger partial charge in [-0.3, -0.25) is 5.43 Å². The van der Waals surface area contributed by atoms with Gasteiger partial charge in [-0.25, -0.2) is 14.2 Å². The van der Waals surface area contributed by atoms with E-state index in [9.17, 15) is 8.78 Å². The van der Waals surface area contributed by atoms with Crippen LogP contribution in [-0.4, -0.2) is 27.3 Å². The number of aryl methyl sites for hydroxylation is 2. The topological polar surface area (TPSA) is 42.9 Å². The molecule has 0 aromatic heterocycles. The molecule has 2 N–H and O–H groups in total. The van der Waals surface area contributed by atoms with Gasteiger partial charge >= 0.3 is 0 Å². The van der Waals surface area contributed by atoms with Crippen LogP contribution in [0.1, 0.15) is 34.7 Å². The molecular formula is C22H23F2N5S. The van der Waals surface area contributed by atoms with Gasteiger partial charge in [0, 0.05) is 24.2 Å². The SMILES string of the molecule is Cc1ccc(C2CC3C4NN=C(SCc5cc(F)cc(F)c5)N4C=CN3N2)cc1C. The maximum absolute atomic E-state index is 13.4. The first-order valence-electron chi connectivity index (χ1n) is 9.97. The van der Waals surface area contributed by atoms with E-state index in [0.29, 0.717) is 11.3 Å². The predicted molar refractivity (Wildman–Crippen MR) is 115 cm³/mol. The van der Waals surface area contributed by atoms with E-state index in [0.717, 1.165) is 17.7 Å². The van der Waals surface area contributed by atoms with Crippen LogP contribution in [0.3, 0.4) is 0 Å². The number of benzene rings is 2. The molecule has 1 saturated heterocycles. The third-order valence-electron chi connectivity index (χ3n) is 5.93. The van der Waals surface area contributed by atoms with Crippen LogP contribution in [0.25, 0.3) is 0 Å². The number of hydrazone groups is 1. The highest BCUT2D eigenvalue weighted by Crippen LogP contribution is 2.36. The van der Waals surface area contributed by atoms with E-state index in [4.69, 9.17) is 0 Å². The predicted octanol–water partition coefficient (Wildman–Crippen LogP) is 4.12. The van der Waals surface area contributed by atoms with Gasteiger partial charge in [0.25, 0.3) is 0 Å². The molecule has 5 nitrogen and oxygen atoms in total. The molecule has 8 heteroatoms. The number of hydrazine groups is 1. The van der Waals surface area contributed by atoms with Gasteiger partial charge in [-0.2, -0.15) is 5.10 Å². The Kier molecular flexibility index (Phi) is 4.91. The van der Waals surface area contributed by atoms with Crippen molar-refractivity contribution >= 4 is 16.9 Å². The summed E-state index contributed by atoms with van der Waals surface area (Å²) in [6, 6.07) is 10.7. The fraction of sp³-hybridized carbons (Fsp3) is 0.318. The minimum absolute atomic E-state index is 0.0193. The van der Waals surface area contributed by atoms with E-state index < -0.39 is 11.6 Å². The monoisotopic (exact) mass is 427 g/mol. The number of nitrogens with one attached hydrogen (secondary N) is 2. The summed E-state index contributed by atoms with van der Waals surface area (Å²) in [7, 11) is 0. The fourth-order valence-corrected chi connectivity index (χ4v) is 5.09. The summed E-state index contributed by atoms with van der Waals surface area (Å²) < 4.78 is 26.9. The molecule has 2 aromatic rings. The molecule has 0 saturated carbocycles. The Morgan fingerprint density at radius 3 is 2.63 bits per heavy atom. The first-order chi connectivity index (χ1) is 14.5. The van der Waals surface area contributed by atoms with Crippen molar-refractivity contribution in [3.05, 3.63) is 82.7 Å². The van der Waals surface area contributed by atoms with E-state index >= 15 is 0 Å². The number of amidine groups is 1. The van der Waals surface area contributed by atoms with Gasteiger partial charge in [0.1, 0.15) is 17.8 Å². The van der Waals surface area contributed by atoms with E-state index in [1.54, 1.807) is 0 Å². The van der Waals surface area contributed by atoms with Crippen LogP contribution in [0, 0.1) is 25.5 Å². The lowest BCUT2D eigenvalue weighted by Crippen LogP contribution is -2.54. The number of hydrogen-bond donors (Lipinski definition) is 2. The summed E-state index contributed by atoms with van der Waals surface area (Å²) in [6.45, 7) is 4.27. The molecule has 156 valence electrons. The molecule has 0 aliphatic carbocycles. The summed E-state index contributed by atoms with van der Waals surface area (Å²) in [5.74, 6) is -0.666. The molecule has 0 spiro atoms. The minimum atomic E-state index is -0.558. The lowest BCUT2D eigenvalue weighted by molar-refractivity contribution is 0.152. The van der Waals surface area contributed by atoms with Gasteiger partial charge in [-0.05, 0) is 54.7 Å². The number of rotatable bonds is 3. The average Bonchev–Trinajstić information content (AvgIpc) is 3.31. The molecule has 3 aliphatic heterocycles. The Labute approximate surface area is 178 Å². The number of fused-ring (bicyclic) bond motifs is 3. The molecule has 5 rings (SSSR count). The first kappa shape index (κ1) is 19.4. The molecule has 3 aliphatic rings. The Hall–Kier alpha value is -2.58. The lowest BCUT2D eigenvalue weighted by Gasteiger charge is -2.36. The fourth-order valence-electron chi connectivity index (χ4n) is 4.19. The van der Waals surface area contributed by atoms with Gasteiger partial charge in [-0.1, -0.05) is 30.0 Å². The summed E-state index contributed by atoms with van der Waals surface area (Å²) in [5.41, 5.74) is 11.3. The summed E-state index contributed by atoms with van der Waals surface area (Å²) in [6.07, 6.45) is 5.00. The summed E-state index contributed by atoms with van der Waals surface area (Å²) in [4.78, 5) is 2.10. The Bertz CT molecular complexity index is 1020. The van der Waals surface area contributed by atoms with Crippen molar-refractivity contribution in [2.75, 3.05) is 0 Å². The van der Waals surface area contributed by atoms with Crippen LogP contribution in [0.2, 0.25) is 0 Å². The molecular weight excluding hydrogens is 404 g/mol. The Morgan fingerprint density at radius 2 is 1.87 bits per heavy atom. The molecule has 2 aromatic carbocycles. The lowest BCUT2D eigenvalue weighted by atomic mass is 9.97. The zero-order valence-electron chi connectivity index (χ0n) is 16.8. The second-order valence-corrected chi connectivity index (χ2v) is 8.92. The first-order valence-corrected chi connectivity index (χ1v) is 11.0. The van der Waals surface area contributed by atoms with E-state index in [1.807, 2.05) is 12.4 Å². The van der Waals surface area contributed by atoms with Crippen molar-refractivity contribution in [1.29, 1.82) is 0 Å². The molecule has 3 atom stereocenters. The molecule has 0 radical (unpaired) electrons. The molecule has 3 unspecified atom stereocenters. The molecule has 0 bridgehead atoms. The van der Waals surface area contributed by atoms with E-state index in [2.05, 4.69) is 57.9 Å². The second kappa shape index (κ2) is 7.59. The number of nitrogens with zero attached hydrogens (tertiary/aromatic N) is 3. The Morgan fingerprint density at radius 1 is 1.07 bits per heavy atom. The van der Waals surface area contributed by atoms with Gasteiger partial charge in [0.2, 0.25) is 0 Å². The van der Waals surface area contributed by atoms with Crippen LogP contribution in [0.4, 0.5) is 8.78 Å². The standard InChI is InChI=1S/C22H23F2N5S/c1-13-3-4-16(7-14(13)2)19-11-20-21-25-26-22(28(21)5-6-29(20)27-19)30-12-15-8-17(23)10-18(24)9-15/h3-10,19-21,25,27H,11-12H2,1-2H3. The molecule has 1 fully saturated rings. The third kappa shape index (κ3) is 3.54. The zero-order valence-corrected chi connectivity index (χ0v) is 17.6. The summed E-state index contributed by atoms with van der Waals surface area (Å²) >= 11 is 1.47. The van der Waals surface area contributed by atoms with Crippen LogP contribution >= 0.6 is 11.8 Å². The minimum Gasteiger partial charge on any atom is -0.306 e. The van der Waals surface area contributed by atoms with Crippen molar-refractivity contribution in [2.45, 2.75) is 44.3 Å². The average molecular weight is 428 g/mol. The smallest absolute Gasteiger partial charge is 0.189 e. The van der Waals surface area contributed by atoms with Crippen molar-refractivity contribution in [2.24, 2.45) is 5.10 Å². The number of halogens is 2. The maximum Gasteiger partial charge on any atom is 0.189 e. The normalized spacial score (nSPS) is 24.5. The number of thioether (sulfide) groups is 1. The molecule has 3 heterocycles. The van der Waals surface area contributed by atoms with Gasteiger partial charge in [0.05, 0.1) is 12.1 Å². The Balaban J connectivity index is 1.26. The van der Waals surface area contributed by atoms with Crippen LogP contribution in [0.15, 0.2) is 53.9 Å². The van der Waals surface area contributed by atoms with Gasteiger partial charge in [-0.15, -0.1) is 0 Å². The maximum atomic E-state index is 13.4. The quantitative estimate of drug-likeness (QED) is 0.771.